The Morgan fingerprint density at radius 3 is 2.11 bits per heavy atom. The summed E-state index contributed by atoms with van der Waals surface area (Å²) in [5.74, 6) is 0. The molecule has 0 bridgehead atoms. The van der Waals surface area contributed by atoms with Crippen LogP contribution in [0.3, 0.4) is 0 Å². The Morgan fingerprint density at radius 2 is 1.47 bits per heavy atom. The van der Waals surface area contributed by atoms with Crippen LogP contribution in [-0.2, 0) is 0 Å². The molecule has 0 aromatic rings. The van der Waals surface area contributed by atoms with Crippen molar-refractivity contribution in [3.8, 4) is 0 Å². The van der Waals surface area contributed by atoms with E-state index in [-0.39, 0.29) is 6.10 Å². The zero-order valence-corrected chi connectivity index (χ0v) is 13.2. The number of aliphatic hydroxyl groups excluding tert-OH is 1. The Bertz CT molecular complexity index is 226. The van der Waals surface area contributed by atoms with Crippen LogP contribution in [0.25, 0.3) is 0 Å². The fourth-order valence-corrected chi connectivity index (χ4v) is 2.31. The zero-order chi connectivity index (χ0) is 14.2. The predicted octanol–water partition coefficient (Wildman–Crippen LogP) is 5.78. The standard InChI is InChI=1S/C18H34O/c1-3-5-7-8-9-10-11-12-13-15-17-18(19)16-14-6-4-2/h3,7,18-19H,4,6,8-17H2,1-2H3. The van der Waals surface area contributed by atoms with E-state index in [1.54, 1.807) is 0 Å². The van der Waals surface area contributed by atoms with Gasteiger partial charge in [0.15, 0.2) is 0 Å². The molecule has 0 heterocycles. The van der Waals surface area contributed by atoms with E-state index in [1.165, 1.54) is 64.2 Å². The topological polar surface area (TPSA) is 20.2 Å². The number of unbranched alkanes of at least 4 members (excludes halogenated alkanes) is 8. The van der Waals surface area contributed by atoms with E-state index in [0.717, 1.165) is 12.8 Å². The number of allylic oxidation sites excluding steroid dienone is 1. The first-order valence-electron chi connectivity index (χ1n) is 8.34. The van der Waals surface area contributed by atoms with E-state index in [1.807, 2.05) is 13.0 Å². The van der Waals surface area contributed by atoms with Crippen molar-refractivity contribution in [2.24, 2.45) is 0 Å². The van der Waals surface area contributed by atoms with Crippen molar-refractivity contribution in [2.75, 3.05) is 0 Å². The smallest absolute Gasteiger partial charge is 0.0540 e. The zero-order valence-electron chi connectivity index (χ0n) is 13.2. The maximum absolute atomic E-state index is 9.78. The summed E-state index contributed by atoms with van der Waals surface area (Å²) in [6, 6.07) is 0. The highest BCUT2D eigenvalue weighted by molar-refractivity contribution is 4.81. The Labute approximate surface area is 120 Å². The first-order valence-corrected chi connectivity index (χ1v) is 8.34. The van der Waals surface area contributed by atoms with Crippen LogP contribution >= 0.6 is 0 Å². The highest BCUT2D eigenvalue weighted by Gasteiger charge is 2.02. The molecule has 0 rings (SSSR count). The lowest BCUT2D eigenvalue weighted by atomic mass is 10.0. The molecule has 0 aliphatic heterocycles. The van der Waals surface area contributed by atoms with Crippen molar-refractivity contribution in [3.05, 3.63) is 17.9 Å². The molecule has 0 amide bonds. The minimum atomic E-state index is -0.0440. The third-order valence-electron chi connectivity index (χ3n) is 3.56. The second kappa shape index (κ2) is 15.5. The Kier molecular flexibility index (Phi) is 15.1. The fraction of sp³-hybridized carbons (Fsp3) is 0.833. The molecule has 0 saturated heterocycles. The second-order valence-electron chi connectivity index (χ2n) is 5.51. The van der Waals surface area contributed by atoms with Gasteiger partial charge in [-0.1, -0.05) is 58.3 Å². The number of hydrogen-bond acceptors (Lipinski definition) is 1. The van der Waals surface area contributed by atoms with Gasteiger partial charge in [0, 0.05) is 0 Å². The summed E-state index contributed by atoms with van der Waals surface area (Å²) in [6.07, 6.45) is 18.7. The van der Waals surface area contributed by atoms with Crippen molar-refractivity contribution in [1.82, 2.24) is 0 Å². The lowest BCUT2D eigenvalue weighted by molar-refractivity contribution is 0.147. The molecule has 1 heteroatoms. The molecule has 0 aliphatic carbocycles. The first kappa shape index (κ1) is 18.5. The largest absolute Gasteiger partial charge is 0.393 e. The summed E-state index contributed by atoms with van der Waals surface area (Å²) in [5.41, 5.74) is 3.12. The average molecular weight is 266 g/mol. The van der Waals surface area contributed by atoms with E-state index in [2.05, 4.69) is 18.7 Å². The molecular formula is C18H34O. The molecule has 0 aromatic carbocycles. The summed E-state index contributed by atoms with van der Waals surface area (Å²) in [4.78, 5) is 0. The SMILES string of the molecule is CC=C=CCCCCCCCCC(O)CCCCC. The molecule has 0 saturated carbocycles. The normalized spacial score (nSPS) is 11.9. The summed E-state index contributed by atoms with van der Waals surface area (Å²) in [6.45, 7) is 4.22. The monoisotopic (exact) mass is 266 g/mol. The van der Waals surface area contributed by atoms with Gasteiger partial charge in [0.1, 0.15) is 0 Å². The first-order chi connectivity index (χ1) is 9.31. The van der Waals surface area contributed by atoms with Gasteiger partial charge in [-0.15, -0.1) is 5.73 Å². The lowest BCUT2D eigenvalue weighted by Crippen LogP contribution is -2.05. The summed E-state index contributed by atoms with van der Waals surface area (Å²) in [5, 5.41) is 9.78. The van der Waals surface area contributed by atoms with Gasteiger partial charge >= 0.3 is 0 Å². The van der Waals surface area contributed by atoms with Gasteiger partial charge < -0.3 is 5.11 Å². The lowest BCUT2D eigenvalue weighted by Gasteiger charge is -2.09. The Hall–Kier alpha value is -0.520. The number of aliphatic hydroxyl groups is 1. The second-order valence-corrected chi connectivity index (χ2v) is 5.51. The average Bonchev–Trinajstić information content (AvgIpc) is 2.41. The highest BCUT2D eigenvalue weighted by atomic mass is 16.3. The minimum Gasteiger partial charge on any atom is -0.393 e. The number of hydrogen-bond donors (Lipinski definition) is 1. The molecule has 1 nitrogen and oxygen atoms in total. The van der Waals surface area contributed by atoms with Crippen LogP contribution in [-0.4, -0.2) is 11.2 Å². The molecule has 0 spiro atoms. The van der Waals surface area contributed by atoms with Gasteiger partial charge in [0.05, 0.1) is 6.10 Å². The Balaban J connectivity index is 3.15. The van der Waals surface area contributed by atoms with Crippen molar-refractivity contribution in [3.63, 3.8) is 0 Å². The maximum atomic E-state index is 9.78. The van der Waals surface area contributed by atoms with Crippen LogP contribution in [0.1, 0.15) is 90.9 Å². The van der Waals surface area contributed by atoms with Gasteiger partial charge in [0.25, 0.3) is 0 Å². The third kappa shape index (κ3) is 15.4. The van der Waals surface area contributed by atoms with Crippen LogP contribution in [0.5, 0.6) is 0 Å². The van der Waals surface area contributed by atoms with Crippen LogP contribution in [0.15, 0.2) is 17.9 Å². The van der Waals surface area contributed by atoms with Gasteiger partial charge in [-0.3, -0.25) is 0 Å². The van der Waals surface area contributed by atoms with Gasteiger partial charge in [0.2, 0.25) is 0 Å². The minimum absolute atomic E-state index is 0.0440. The molecule has 19 heavy (non-hydrogen) atoms. The molecule has 0 aromatic heterocycles. The molecule has 0 fully saturated rings. The van der Waals surface area contributed by atoms with Crippen molar-refractivity contribution < 1.29 is 5.11 Å². The molecule has 1 atom stereocenters. The molecule has 112 valence electrons. The maximum Gasteiger partial charge on any atom is 0.0540 e. The summed E-state index contributed by atoms with van der Waals surface area (Å²) in [7, 11) is 0. The van der Waals surface area contributed by atoms with Crippen molar-refractivity contribution >= 4 is 0 Å². The molecule has 0 radical (unpaired) electrons. The summed E-state index contributed by atoms with van der Waals surface area (Å²) >= 11 is 0. The van der Waals surface area contributed by atoms with E-state index in [4.69, 9.17) is 0 Å². The van der Waals surface area contributed by atoms with E-state index >= 15 is 0 Å². The molecular weight excluding hydrogens is 232 g/mol. The molecule has 0 aliphatic rings. The van der Waals surface area contributed by atoms with E-state index in [9.17, 15) is 5.11 Å². The number of rotatable bonds is 13. The third-order valence-corrected chi connectivity index (χ3v) is 3.56. The van der Waals surface area contributed by atoms with Crippen molar-refractivity contribution in [2.45, 2.75) is 97.0 Å². The Morgan fingerprint density at radius 1 is 0.895 bits per heavy atom. The summed E-state index contributed by atoms with van der Waals surface area (Å²) < 4.78 is 0. The molecule has 1 N–H and O–H groups in total. The van der Waals surface area contributed by atoms with Crippen LogP contribution in [0.4, 0.5) is 0 Å². The van der Waals surface area contributed by atoms with Crippen LogP contribution < -0.4 is 0 Å². The fourth-order valence-electron chi connectivity index (χ4n) is 2.31. The van der Waals surface area contributed by atoms with Gasteiger partial charge in [-0.25, -0.2) is 0 Å². The predicted molar refractivity (Wildman–Crippen MR) is 85.4 cm³/mol. The van der Waals surface area contributed by atoms with Crippen LogP contribution in [0, 0.1) is 0 Å². The van der Waals surface area contributed by atoms with Crippen molar-refractivity contribution in [1.29, 1.82) is 0 Å². The van der Waals surface area contributed by atoms with E-state index in [0.29, 0.717) is 0 Å². The highest BCUT2D eigenvalue weighted by Crippen LogP contribution is 2.13. The van der Waals surface area contributed by atoms with E-state index < -0.39 is 0 Å². The quantitative estimate of drug-likeness (QED) is 0.331. The van der Waals surface area contributed by atoms with Gasteiger partial charge in [-0.2, -0.15) is 0 Å². The molecule has 1 unspecified atom stereocenters. The van der Waals surface area contributed by atoms with Crippen LogP contribution in [0.2, 0.25) is 0 Å². The van der Waals surface area contributed by atoms with Gasteiger partial charge in [-0.05, 0) is 44.8 Å².